The molecule has 1 aliphatic rings. The number of hydrogen-bond acceptors (Lipinski definition) is 6. The van der Waals surface area contributed by atoms with Crippen molar-refractivity contribution in [2.24, 2.45) is 0 Å². The average Bonchev–Trinajstić information content (AvgIpc) is 3.39. The first-order valence-electron chi connectivity index (χ1n) is 8.97. The number of ether oxygens (including phenoxy) is 2. The first-order chi connectivity index (χ1) is 13.9. The molecule has 150 valence electrons. The van der Waals surface area contributed by atoms with Crippen molar-refractivity contribution in [3.63, 3.8) is 0 Å². The highest BCUT2D eigenvalue weighted by Gasteiger charge is 2.33. The molecule has 8 heteroatoms. The van der Waals surface area contributed by atoms with Gasteiger partial charge in [0.25, 0.3) is 5.91 Å². The summed E-state index contributed by atoms with van der Waals surface area (Å²) < 4.78 is 42.6. The van der Waals surface area contributed by atoms with Gasteiger partial charge in [-0.2, -0.15) is 0 Å². The SMILES string of the molecule is Cc1cccc(C(=O)NC[C@@H](c2ccco2)S(=O)(=O)c2ccc3c(c2)OCO3)c1. The molecular weight excluding hydrogens is 394 g/mol. The van der Waals surface area contributed by atoms with Crippen molar-refractivity contribution in [1.29, 1.82) is 0 Å². The summed E-state index contributed by atoms with van der Waals surface area (Å²) in [4.78, 5) is 12.6. The van der Waals surface area contributed by atoms with Gasteiger partial charge in [0.15, 0.2) is 21.3 Å². The largest absolute Gasteiger partial charge is 0.468 e. The summed E-state index contributed by atoms with van der Waals surface area (Å²) in [6.45, 7) is 1.79. The van der Waals surface area contributed by atoms with E-state index in [9.17, 15) is 13.2 Å². The highest BCUT2D eigenvalue weighted by molar-refractivity contribution is 7.91. The van der Waals surface area contributed by atoms with Crippen LogP contribution in [0.5, 0.6) is 11.5 Å². The van der Waals surface area contributed by atoms with Gasteiger partial charge in [-0.25, -0.2) is 8.42 Å². The molecule has 0 radical (unpaired) electrons. The minimum Gasteiger partial charge on any atom is -0.468 e. The number of sulfone groups is 1. The van der Waals surface area contributed by atoms with Gasteiger partial charge in [-0.1, -0.05) is 17.7 Å². The lowest BCUT2D eigenvalue weighted by Crippen LogP contribution is -2.31. The van der Waals surface area contributed by atoms with Crippen LogP contribution >= 0.6 is 0 Å². The number of furan rings is 1. The molecule has 0 bridgehead atoms. The van der Waals surface area contributed by atoms with Crippen LogP contribution < -0.4 is 14.8 Å². The van der Waals surface area contributed by atoms with E-state index in [1.165, 1.54) is 18.4 Å². The minimum absolute atomic E-state index is 0.0486. The second kappa shape index (κ2) is 7.63. The van der Waals surface area contributed by atoms with Gasteiger partial charge in [-0.3, -0.25) is 4.79 Å². The summed E-state index contributed by atoms with van der Waals surface area (Å²) >= 11 is 0. The molecule has 2 aromatic carbocycles. The van der Waals surface area contributed by atoms with Crippen LogP contribution in [-0.4, -0.2) is 27.7 Å². The van der Waals surface area contributed by atoms with Crippen molar-refractivity contribution in [2.75, 3.05) is 13.3 Å². The second-order valence-electron chi connectivity index (χ2n) is 6.64. The molecule has 29 heavy (non-hydrogen) atoms. The fourth-order valence-corrected chi connectivity index (χ4v) is 4.73. The van der Waals surface area contributed by atoms with Crippen molar-refractivity contribution in [3.05, 3.63) is 77.7 Å². The van der Waals surface area contributed by atoms with Gasteiger partial charge in [0, 0.05) is 18.2 Å². The first-order valence-corrected chi connectivity index (χ1v) is 10.5. The summed E-state index contributed by atoms with van der Waals surface area (Å²) in [6.07, 6.45) is 1.40. The summed E-state index contributed by atoms with van der Waals surface area (Å²) in [5.74, 6) is 0.748. The lowest BCUT2D eigenvalue weighted by atomic mass is 10.1. The molecule has 0 unspecified atom stereocenters. The van der Waals surface area contributed by atoms with Gasteiger partial charge < -0.3 is 19.2 Å². The topological polar surface area (TPSA) is 94.8 Å². The van der Waals surface area contributed by atoms with Crippen LogP contribution in [0.15, 0.2) is 70.2 Å². The summed E-state index contributed by atoms with van der Waals surface area (Å²) in [7, 11) is -3.88. The maximum absolute atomic E-state index is 13.3. The number of carbonyl (C=O) groups is 1. The van der Waals surface area contributed by atoms with Crippen LogP contribution in [0.4, 0.5) is 0 Å². The summed E-state index contributed by atoms with van der Waals surface area (Å²) in [5, 5.41) is 1.62. The number of rotatable bonds is 6. The molecule has 0 saturated carbocycles. The Morgan fingerprint density at radius 2 is 1.90 bits per heavy atom. The molecular formula is C21H19NO6S. The normalized spacial score (nSPS) is 13.8. The Morgan fingerprint density at radius 3 is 2.66 bits per heavy atom. The van der Waals surface area contributed by atoms with E-state index in [1.54, 1.807) is 36.4 Å². The number of aryl methyl sites for hydroxylation is 1. The molecule has 1 aliphatic heterocycles. The number of amides is 1. The smallest absolute Gasteiger partial charge is 0.251 e. The molecule has 0 aliphatic carbocycles. The van der Waals surface area contributed by atoms with Crippen LogP contribution in [0, 0.1) is 6.92 Å². The summed E-state index contributed by atoms with van der Waals surface area (Å²) in [5.41, 5.74) is 1.40. The molecule has 0 spiro atoms. The van der Waals surface area contributed by atoms with E-state index in [2.05, 4.69) is 5.32 Å². The third-order valence-corrected chi connectivity index (χ3v) is 6.70. The zero-order chi connectivity index (χ0) is 20.4. The molecule has 3 aromatic rings. The van der Waals surface area contributed by atoms with E-state index in [1.807, 2.05) is 13.0 Å². The fraction of sp³-hybridized carbons (Fsp3) is 0.190. The van der Waals surface area contributed by atoms with Gasteiger partial charge in [-0.15, -0.1) is 0 Å². The van der Waals surface area contributed by atoms with E-state index >= 15 is 0 Å². The van der Waals surface area contributed by atoms with Gasteiger partial charge in [0.05, 0.1) is 11.2 Å². The van der Waals surface area contributed by atoms with Crippen LogP contribution in [0.25, 0.3) is 0 Å². The first kappa shape index (κ1) is 19.1. The number of carbonyl (C=O) groups excluding carboxylic acids is 1. The number of fused-ring (bicyclic) bond motifs is 1. The standard InChI is InChI=1S/C21H19NO6S/c1-14-4-2-5-15(10-14)21(23)22-12-20(18-6-3-9-26-18)29(24,25)16-7-8-17-19(11-16)28-13-27-17/h2-11,20H,12-13H2,1H3,(H,22,23)/t20-/m0/s1. The highest BCUT2D eigenvalue weighted by Crippen LogP contribution is 2.37. The second-order valence-corrected chi connectivity index (χ2v) is 8.77. The van der Waals surface area contributed by atoms with Crippen molar-refractivity contribution in [2.45, 2.75) is 17.1 Å². The van der Waals surface area contributed by atoms with Crippen molar-refractivity contribution in [1.82, 2.24) is 5.32 Å². The molecule has 1 N–H and O–H groups in total. The molecule has 1 atom stereocenters. The zero-order valence-corrected chi connectivity index (χ0v) is 16.4. The third kappa shape index (κ3) is 3.84. The fourth-order valence-electron chi connectivity index (χ4n) is 3.13. The summed E-state index contributed by atoms with van der Waals surface area (Å²) in [6, 6.07) is 14.7. The Balaban J connectivity index is 1.61. The Hall–Kier alpha value is -3.26. The third-order valence-electron chi connectivity index (χ3n) is 4.64. The number of nitrogens with one attached hydrogen (secondary N) is 1. The van der Waals surface area contributed by atoms with E-state index in [0.717, 1.165) is 5.56 Å². The van der Waals surface area contributed by atoms with Crippen LogP contribution in [0.2, 0.25) is 0 Å². The van der Waals surface area contributed by atoms with E-state index in [0.29, 0.717) is 17.1 Å². The van der Waals surface area contributed by atoms with E-state index < -0.39 is 15.1 Å². The lowest BCUT2D eigenvalue weighted by molar-refractivity contribution is 0.0953. The van der Waals surface area contributed by atoms with Crippen molar-refractivity contribution >= 4 is 15.7 Å². The monoisotopic (exact) mass is 413 g/mol. The van der Waals surface area contributed by atoms with Gasteiger partial charge in [-0.05, 0) is 43.3 Å². The van der Waals surface area contributed by atoms with Crippen LogP contribution in [0.3, 0.4) is 0 Å². The average molecular weight is 413 g/mol. The Labute approximate surface area is 168 Å². The van der Waals surface area contributed by atoms with Gasteiger partial charge >= 0.3 is 0 Å². The predicted octanol–water partition coefficient (Wildman–Crippen LogP) is 3.26. The Morgan fingerprint density at radius 1 is 1.07 bits per heavy atom. The molecule has 0 saturated heterocycles. The highest BCUT2D eigenvalue weighted by atomic mass is 32.2. The minimum atomic E-state index is -3.88. The molecule has 4 rings (SSSR count). The number of benzene rings is 2. The zero-order valence-electron chi connectivity index (χ0n) is 15.6. The Kier molecular flexibility index (Phi) is 5.02. The van der Waals surface area contributed by atoms with E-state index in [-0.39, 0.29) is 29.9 Å². The molecule has 1 aromatic heterocycles. The Bertz CT molecular complexity index is 1140. The van der Waals surface area contributed by atoms with Crippen molar-refractivity contribution < 1.29 is 27.1 Å². The molecule has 7 nitrogen and oxygen atoms in total. The lowest BCUT2D eigenvalue weighted by Gasteiger charge is -2.17. The predicted molar refractivity (Wildman–Crippen MR) is 105 cm³/mol. The van der Waals surface area contributed by atoms with Gasteiger partial charge in [0.1, 0.15) is 11.0 Å². The molecule has 0 fully saturated rings. The van der Waals surface area contributed by atoms with Crippen molar-refractivity contribution in [3.8, 4) is 11.5 Å². The van der Waals surface area contributed by atoms with Gasteiger partial charge in [0.2, 0.25) is 6.79 Å². The molecule has 1 amide bonds. The maximum atomic E-state index is 13.3. The maximum Gasteiger partial charge on any atom is 0.251 e. The molecule has 2 heterocycles. The quantitative estimate of drug-likeness (QED) is 0.667. The van der Waals surface area contributed by atoms with Crippen LogP contribution in [-0.2, 0) is 9.84 Å². The van der Waals surface area contributed by atoms with E-state index in [4.69, 9.17) is 13.9 Å². The number of hydrogen-bond donors (Lipinski definition) is 1. The van der Waals surface area contributed by atoms with Crippen LogP contribution in [0.1, 0.15) is 26.9 Å².